The Kier molecular flexibility index (Phi) is 4.37. The molecule has 142 valence electrons. The molecule has 0 aromatic heterocycles. The van der Waals surface area contributed by atoms with Crippen LogP contribution >= 0.6 is 15.9 Å². The van der Waals surface area contributed by atoms with E-state index in [9.17, 15) is 4.79 Å². The van der Waals surface area contributed by atoms with Crippen molar-refractivity contribution in [1.82, 2.24) is 0 Å². The zero-order valence-corrected chi connectivity index (χ0v) is 17.1. The van der Waals surface area contributed by atoms with Crippen LogP contribution in [0.5, 0.6) is 17.2 Å². The lowest BCUT2D eigenvalue weighted by atomic mass is 9.49. The largest absolute Gasteiger partial charge is 0.493 e. The molecule has 4 atom stereocenters. The fourth-order valence-electron chi connectivity index (χ4n) is 5.83. The van der Waals surface area contributed by atoms with Crippen LogP contribution in [0, 0.1) is 17.3 Å². The number of methoxy groups -OCH3 is 3. The van der Waals surface area contributed by atoms with Crippen molar-refractivity contribution in [3.63, 3.8) is 0 Å². The van der Waals surface area contributed by atoms with Gasteiger partial charge in [0, 0.05) is 22.1 Å². The molecular weight excluding hydrogens is 398 g/mol. The topological polar surface area (TPSA) is 56.8 Å². The minimum absolute atomic E-state index is 0.129. The molecule has 26 heavy (non-hydrogen) atoms. The fourth-order valence-corrected chi connectivity index (χ4v) is 7.29. The number of hydrogen-bond acceptors (Lipinski definition) is 4. The number of anilines is 1. The molecule has 1 N–H and O–H groups in total. The average Bonchev–Trinajstić information content (AvgIpc) is 2.58. The number of ether oxygens (including phenoxy) is 3. The number of benzene rings is 1. The Bertz CT molecular complexity index is 696. The van der Waals surface area contributed by atoms with Crippen molar-refractivity contribution in [3.05, 3.63) is 12.1 Å². The molecule has 5 rings (SSSR count). The van der Waals surface area contributed by atoms with Crippen LogP contribution in [0.15, 0.2) is 12.1 Å². The maximum atomic E-state index is 13.3. The Balaban J connectivity index is 1.61. The maximum Gasteiger partial charge on any atom is 0.230 e. The molecule has 1 aromatic rings. The molecule has 0 spiro atoms. The first-order valence-corrected chi connectivity index (χ1v) is 10.00. The number of amides is 1. The van der Waals surface area contributed by atoms with Crippen molar-refractivity contribution in [2.24, 2.45) is 17.3 Å². The minimum atomic E-state index is -0.256. The van der Waals surface area contributed by atoms with Crippen molar-refractivity contribution < 1.29 is 19.0 Å². The predicted octanol–water partition coefficient (Wildman–Crippen LogP) is 4.38. The van der Waals surface area contributed by atoms with E-state index in [1.807, 2.05) is 0 Å². The summed E-state index contributed by atoms with van der Waals surface area (Å²) in [5.74, 6) is 3.09. The predicted molar refractivity (Wildman–Crippen MR) is 104 cm³/mol. The third-order valence-electron chi connectivity index (χ3n) is 6.39. The molecule has 1 amide bonds. The SMILES string of the molecule is COc1cc(NC(=O)C23C[C@@H]4C[C@@H](CC(Br)(C4)C2)C3)cc(OC)c1OC. The van der Waals surface area contributed by atoms with Gasteiger partial charge in [-0.05, 0) is 50.4 Å². The summed E-state index contributed by atoms with van der Waals surface area (Å²) in [6.45, 7) is 0. The molecular formula is C20H26BrNO4. The number of nitrogens with one attached hydrogen (secondary N) is 1. The molecule has 4 aliphatic rings. The van der Waals surface area contributed by atoms with Gasteiger partial charge < -0.3 is 19.5 Å². The van der Waals surface area contributed by atoms with Crippen molar-refractivity contribution >= 4 is 27.5 Å². The van der Waals surface area contributed by atoms with E-state index in [4.69, 9.17) is 14.2 Å². The molecule has 5 nitrogen and oxygen atoms in total. The maximum absolute atomic E-state index is 13.3. The number of carbonyl (C=O) groups excluding carboxylic acids is 1. The standard InChI is InChI=1S/C20H26BrNO4/c1-24-15-5-14(6-16(25-2)17(15)26-3)22-18(23)19-7-12-4-13(8-19)10-20(21,9-12)11-19/h5-6,12-13H,4,7-11H2,1-3H3,(H,22,23)/t12-,13+,19?,20?. The van der Waals surface area contributed by atoms with E-state index in [1.54, 1.807) is 33.5 Å². The van der Waals surface area contributed by atoms with Crippen molar-refractivity contribution in [2.45, 2.75) is 42.8 Å². The molecule has 6 heteroatoms. The van der Waals surface area contributed by atoms with Gasteiger partial charge in [-0.15, -0.1) is 0 Å². The Hall–Kier alpha value is -1.43. The van der Waals surface area contributed by atoms with Gasteiger partial charge in [0.15, 0.2) is 11.5 Å². The van der Waals surface area contributed by atoms with E-state index in [0.717, 1.165) is 19.3 Å². The first-order valence-electron chi connectivity index (χ1n) is 9.21. The first kappa shape index (κ1) is 18.0. The van der Waals surface area contributed by atoms with Gasteiger partial charge in [0.25, 0.3) is 0 Å². The number of alkyl halides is 1. The van der Waals surface area contributed by atoms with Gasteiger partial charge >= 0.3 is 0 Å². The van der Waals surface area contributed by atoms with Crippen LogP contribution in [0.1, 0.15) is 38.5 Å². The summed E-state index contributed by atoms with van der Waals surface area (Å²) >= 11 is 3.97. The molecule has 0 radical (unpaired) electrons. The van der Waals surface area contributed by atoms with Gasteiger partial charge in [0.1, 0.15) is 0 Å². The molecule has 2 unspecified atom stereocenters. The highest BCUT2D eigenvalue weighted by Crippen LogP contribution is 2.64. The highest BCUT2D eigenvalue weighted by molar-refractivity contribution is 9.10. The second-order valence-corrected chi connectivity index (χ2v) is 9.94. The smallest absolute Gasteiger partial charge is 0.230 e. The summed E-state index contributed by atoms with van der Waals surface area (Å²) < 4.78 is 16.3. The molecule has 0 heterocycles. The van der Waals surface area contributed by atoms with Gasteiger partial charge in [-0.1, -0.05) is 15.9 Å². The van der Waals surface area contributed by atoms with Gasteiger partial charge in [-0.3, -0.25) is 4.79 Å². The molecule has 0 saturated heterocycles. The molecule has 4 saturated carbocycles. The van der Waals surface area contributed by atoms with Crippen LogP contribution in [0.2, 0.25) is 0 Å². The third-order valence-corrected chi connectivity index (χ3v) is 7.32. The Morgan fingerprint density at radius 1 is 1.04 bits per heavy atom. The number of hydrogen-bond donors (Lipinski definition) is 1. The summed E-state index contributed by atoms with van der Waals surface area (Å²) in [6, 6.07) is 3.59. The van der Waals surface area contributed by atoms with Crippen LogP contribution in [0.4, 0.5) is 5.69 Å². The lowest BCUT2D eigenvalue weighted by Crippen LogP contribution is -2.57. The van der Waals surface area contributed by atoms with Gasteiger partial charge in [-0.25, -0.2) is 0 Å². The monoisotopic (exact) mass is 423 g/mol. The highest BCUT2D eigenvalue weighted by atomic mass is 79.9. The zero-order valence-electron chi connectivity index (χ0n) is 15.6. The van der Waals surface area contributed by atoms with Gasteiger partial charge in [0.05, 0.1) is 26.7 Å². The number of halogens is 1. The Labute approximate surface area is 162 Å². The normalized spacial score (nSPS) is 34.5. The quantitative estimate of drug-likeness (QED) is 0.713. The second kappa shape index (κ2) is 6.32. The van der Waals surface area contributed by atoms with Crippen LogP contribution in [0.25, 0.3) is 0 Å². The van der Waals surface area contributed by atoms with E-state index in [-0.39, 0.29) is 15.6 Å². The minimum Gasteiger partial charge on any atom is -0.493 e. The average molecular weight is 424 g/mol. The molecule has 4 bridgehead atoms. The summed E-state index contributed by atoms with van der Waals surface area (Å²) in [4.78, 5) is 13.3. The molecule has 4 fully saturated rings. The van der Waals surface area contributed by atoms with Gasteiger partial charge in [0.2, 0.25) is 11.7 Å². The Morgan fingerprint density at radius 2 is 1.62 bits per heavy atom. The van der Waals surface area contributed by atoms with Crippen molar-refractivity contribution in [1.29, 1.82) is 0 Å². The summed E-state index contributed by atoms with van der Waals surface area (Å²) in [6.07, 6.45) is 6.65. The van der Waals surface area contributed by atoms with Crippen molar-refractivity contribution in [3.8, 4) is 17.2 Å². The summed E-state index contributed by atoms with van der Waals surface area (Å²) in [5.41, 5.74) is 0.428. The van der Waals surface area contributed by atoms with Crippen LogP contribution in [-0.4, -0.2) is 31.6 Å². The third kappa shape index (κ3) is 2.86. The first-order chi connectivity index (χ1) is 12.4. The fraction of sp³-hybridized carbons (Fsp3) is 0.650. The van der Waals surface area contributed by atoms with E-state index in [1.165, 1.54) is 19.3 Å². The highest BCUT2D eigenvalue weighted by Gasteiger charge is 2.59. The lowest BCUT2D eigenvalue weighted by Gasteiger charge is -2.59. The number of rotatable bonds is 5. The Morgan fingerprint density at radius 3 is 2.08 bits per heavy atom. The lowest BCUT2D eigenvalue weighted by molar-refractivity contribution is -0.138. The van der Waals surface area contributed by atoms with Crippen molar-refractivity contribution in [2.75, 3.05) is 26.6 Å². The molecule has 4 aliphatic carbocycles. The van der Waals surface area contributed by atoms with E-state index < -0.39 is 0 Å². The van der Waals surface area contributed by atoms with Gasteiger partial charge in [-0.2, -0.15) is 0 Å². The van der Waals surface area contributed by atoms with E-state index >= 15 is 0 Å². The summed E-state index contributed by atoms with van der Waals surface area (Å²) in [5, 5.41) is 3.14. The zero-order chi connectivity index (χ0) is 18.5. The van der Waals surface area contributed by atoms with Crippen LogP contribution in [0.3, 0.4) is 0 Å². The second-order valence-electron chi connectivity index (χ2n) is 8.26. The van der Waals surface area contributed by atoms with E-state index in [2.05, 4.69) is 21.2 Å². The van der Waals surface area contributed by atoms with Crippen LogP contribution in [-0.2, 0) is 4.79 Å². The summed E-state index contributed by atoms with van der Waals surface area (Å²) in [7, 11) is 4.73. The van der Waals surface area contributed by atoms with E-state index in [0.29, 0.717) is 34.8 Å². The molecule has 0 aliphatic heterocycles. The number of carbonyl (C=O) groups is 1. The van der Waals surface area contributed by atoms with Crippen LogP contribution < -0.4 is 19.5 Å². The molecule has 1 aromatic carbocycles.